The summed E-state index contributed by atoms with van der Waals surface area (Å²) >= 11 is 1.53. The van der Waals surface area contributed by atoms with Crippen LogP contribution < -0.4 is 0 Å². The average Bonchev–Trinajstić information content (AvgIpc) is 2.75. The molecule has 0 unspecified atom stereocenters. The molecule has 2 aromatic heterocycles. The van der Waals surface area contributed by atoms with Gasteiger partial charge in [0.1, 0.15) is 12.0 Å². The molecule has 0 radical (unpaired) electrons. The number of nitrogens with zero attached hydrogens (tertiary/aromatic N) is 1. The monoisotopic (exact) mass is 179 g/mol. The summed E-state index contributed by atoms with van der Waals surface area (Å²) < 4.78 is 5.07. The molecule has 2 aromatic rings. The van der Waals surface area contributed by atoms with Gasteiger partial charge in [-0.2, -0.15) is 0 Å². The van der Waals surface area contributed by atoms with E-state index < -0.39 is 0 Å². The summed E-state index contributed by atoms with van der Waals surface area (Å²) in [6, 6.07) is 3.80. The first-order valence-corrected chi connectivity index (χ1v) is 4.22. The maximum absolute atomic E-state index is 10.3. The summed E-state index contributed by atoms with van der Waals surface area (Å²) in [5.74, 6) is 0.507. The van der Waals surface area contributed by atoms with Crippen LogP contribution in [0.3, 0.4) is 0 Å². The number of carbonyl (C=O) groups is 1. The SMILES string of the molecule is O=Cc1coc(-c2cccs2)n1. The number of hydrogen-bond donors (Lipinski definition) is 0. The van der Waals surface area contributed by atoms with Crippen molar-refractivity contribution in [1.29, 1.82) is 0 Å². The minimum absolute atomic E-state index is 0.332. The fourth-order valence-corrected chi connectivity index (χ4v) is 1.51. The summed E-state index contributed by atoms with van der Waals surface area (Å²) in [5.41, 5.74) is 0.332. The van der Waals surface area contributed by atoms with Crippen LogP contribution in [0.1, 0.15) is 10.5 Å². The van der Waals surface area contributed by atoms with E-state index in [1.165, 1.54) is 17.6 Å². The van der Waals surface area contributed by atoms with Gasteiger partial charge in [0.25, 0.3) is 0 Å². The lowest BCUT2D eigenvalue weighted by molar-refractivity contribution is 0.111. The highest BCUT2D eigenvalue weighted by molar-refractivity contribution is 7.13. The first-order chi connectivity index (χ1) is 5.90. The predicted molar refractivity (Wildman–Crippen MR) is 45.2 cm³/mol. The highest BCUT2D eigenvalue weighted by atomic mass is 32.1. The van der Waals surface area contributed by atoms with Gasteiger partial charge < -0.3 is 4.42 Å². The zero-order chi connectivity index (χ0) is 8.39. The number of aldehydes is 1. The zero-order valence-electron chi connectivity index (χ0n) is 6.06. The van der Waals surface area contributed by atoms with Crippen LogP contribution >= 0.6 is 11.3 Å². The minimum Gasteiger partial charge on any atom is -0.443 e. The largest absolute Gasteiger partial charge is 0.443 e. The van der Waals surface area contributed by atoms with Gasteiger partial charge in [-0.15, -0.1) is 11.3 Å². The van der Waals surface area contributed by atoms with E-state index in [4.69, 9.17) is 4.42 Å². The molecule has 0 N–H and O–H groups in total. The number of carbonyl (C=O) groups excluding carboxylic acids is 1. The molecule has 0 atom stereocenters. The molecule has 0 saturated carbocycles. The van der Waals surface area contributed by atoms with E-state index in [1.54, 1.807) is 0 Å². The molecule has 60 valence electrons. The number of rotatable bonds is 2. The van der Waals surface area contributed by atoms with Crippen molar-refractivity contribution in [1.82, 2.24) is 4.98 Å². The lowest BCUT2D eigenvalue weighted by Gasteiger charge is -1.83. The quantitative estimate of drug-likeness (QED) is 0.664. The first kappa shape index (κ1) is 7.24. The molecule has 0 aliphatic carbocycles. The first-order valence-electron chi connectivity index (χ1n) is 3.35. The van der Waals surface area contributed by atoms with Crippen LogP contribution in [0, 0.1) is 0 Å². The fraction of sp³-hybridized carbons (Fsp3) is 0. The van der Waals surface area contributed by atoms with E-state index in [9.17, 15) is 4.79 Å². The van der Waals surface area contributed by atoms with Crippen LogP contribution in [0.4, 0.5) is 0 Å². The van der Waals surface area contributed by atoms with Gasteiger partial charge in [-0.3, -0.25) is 4.79 Å². The Bertz CT molecular complexity index is 377. The molecule has 2 rings (SSSR count). The molecule has 0 bridgehead atoms. The molecule has 0 fully saturated rings. The average molecular weight is 179 g/mol. The maximum atomic E-state index is 10.3. The van der Waals surface area contributed by atoms with E-state index in [1.807, 2.05) is 17.5 Å². The summed E-state index contributed by atoms with van der Waals surface area (Å²) in [6.45, 7) is 0. The second kappa shape index (κ2) is 2.91. The molecule has 2 heterocycles. The molecular formula is C8H5NO2S. The Morgan fingerprint density at radius 2 is 2.50 bits per heavy atom. The summed E-state index contributed by atoms with van der Waals surface area (Å²) in [5, 5.41) is 1.93. The van der Waals surface area contributed by atoms with Crippen molar-refractivity contribution in [2.45, 2.75) is 0 Å². The Hall–Kier alpha value is -1.42. The molecular weight excluding hydrogens is 174 g/mol. The van der Waals surface area contributed by atoms with Gasteiger partial charge in [0.2, 0.25) is 5.89 Å². The Labute approximate surface area is 72.7 Å². The fourth-order valence-electron chi connectivity index (χ4n) is 0.854. The molecule has 3 nitrogen and oxygen atoms in total. The second-order valence-corrected chi connectivity index (χ2v) is 3.12. The molecule has 0 aromatic carbocycles. The zero-order valence-corrected chi connectivity index (χ0v) is 6.88. The number of thiophene rings is 1. The lowest BCUT2D eigenvalue weighted by atomic mass is 10.5. The third-order valence-electron chi connectivity index (χ3n) is 1.37. The van der Waals surface area contributed by atoms with E-state index >= 15 is 0 Å². The lowest BCUT2D eigenvalue weighted by Crippen LogP contribution is -1.77. The van der Waals surface area contributed by atoms with Crippen molar-refractivity contribution in [2.24, 2.45) is 0 Å². The molecule has 0 aliphatic heterocycles. The van der Waals surface area contributed by atoms with E-state index in [-0.39, 0.29) is 0 Å². The maximum Gasteiger partial charge on any atom is 0.236 e. The van der Waals surface area contributed by atoms with Crippen LogP contribution in [0.25, 0.3) is 10.8 Å². The third-order valence-corrected chi connectivity index (χ3v) is 2.23. The van der Waals surface area contributed by atoms with E-state index in [0.717, 1.165) is 4.88 Å². The third kappa shape index (κ3) is 1.16. The Kier molecular flexibility index (Phi) is 1.75. The van der Waals surface area contributed by atoms with Gasteiger partial charge in [-0.05, 0) is 11.4 Å². The molecule has 0 aliphatic rings. The highest BCUT2D eigenvalue weighted by Crippen LogP contribution is 2.22. The van der Waals surface area contributed by atoms with Crippen LogP contribution in [0.5, 0.6) is 0 Å². The summed E-state index contributed by atoms with van der Waals surface area (Å²) in [4.78, 5) is 15.2. The van der Waals surface area contributed by atoms with Gasteiger partial charge in [0, 0.05) is 0 Å². The predicted octanol–water partition coefficient (Wildman–Crippen LogP) is 2.22. The van der Waals surface area contributed by atoms with Crippen molar-refractivity contribution in [3.8, 4) is 10.8 Å². The van der Waals surface area contributed by atoms with Crippen LogP contribution in [0.15, 0.2) is 28.2 Å². The van der Waals surface area contributed by atoms with Crippen molar-refractivity contribution in [2.75, 3.05) is 0 Å². The van der Waals surface area contributed by atoms with Crippen LogP contribution in [-0.2, 0) is 0 Å². The number of aromatic nitrogens is 1. The van der Waals surface area contributed by atoms with E-state index in [2.05, 4.69) is 4.98 Å². The van der Waals surface area contributed by atoms with Crippen LogP contribution in [-0.4, -0.2) is 11.3 Å². The van der Waals surface area contributed by atoms with Gasteiger partial charge in [-0.25, -0.2) is 4.98 Å². The summed E-state index contributed by atoms with van der Waals surface area (Å²) in [7, 11) is 0. The highest BCUT2D eigenvalue weighted by Gasteiger charge is 2.05. The molecule has 0 amide bonds. The second-order valence-electron chi connectivity index (χ2n) is 2.17. The van der Waals surface area contributed by atoms with Crippen molar-refractivity contribution < 1.29 is 9.21 Å². The molecule has 0 spiro atoms. The Balaban J connectivity index is 2.41. The molecule has 12 heavy (non-hydrogen) atoms. The molecule has 0 saturated heterocycles. The normalized spacial score (nSPS) is 10.0. The topological polar surface area (TPSA) is 43.1 Å². The van der Waals surface area contributed by atoms with Crippen LogP contribution in [0.2, 0.25) is 0 Å². The van der Waals surface area contributed by atoms with Crippen molar-refractivity contribution in [3.63, 3.8) is 0 Å². The van der Waals surface area contributed by atoms with E-state index in [0.29, 0.717) is 17.9 Å². The summed E-state index contributed by atoms with van der Waals surface area (Å²) in [6.07, 6.45) is 2.02. The Morgan fingerprint density at radius 1 is 1.58 bits per heavy atom. The van der Waals surface area contributed by atoms with Gasteiger partial charge in [0.05, 0.1) is 4.88 Å². The van der Waals surface area contributed by atoms with Gasteiger partial charge in [0.15, 0.2) is 6.29 Å². The number of oxazole rings is 1. The van der Waals surface area contributed by atoms with Gasteiger partial charge >= 0.3 is 0 Å². The van der Waals surface area contributed by atoms with Crippen molar-refractivity contribution in [3.05, 3.63) is 29.5 Å². The number of hydrogen-bond acceptors (Lipinski definition) is 4. The smallest absolute Gasteiger partial charge is 0.236 e. The standard InChI is InChI=1S/C8H5NO2S/c10-4-6-5-11-8(9-6)7-2-1-3-12-7/h1-5H. The minimum atomic E-state index is 0.332. The van der Waals surface area contributed by atoms with Crippen molar-refractivity contribution >= 4 is 17.6 Å². The molecule has 4 heteroatoms. The van der Waals surface area contributed by atoms with Gasteiger partial charge in [-0.1, -0.05) is 6.07 Å². The Morgan fingerprint density at radius 3 is 3.08 bits per heavy atom.